The van der Waals surface area contributed by atoms with Crippen LogP contribution in [0.2, 0.25) is 0 Å². The molecule has 6 heteroatoms. The van der Waals surface area contributed by atoms with Crippen LogP contribution in [0.3, 0.4) is 0 Å². The molecule has 0 heterocycles. The molecule has 70 heavy (non-hydrogen) atoms. The fourth-order valence-electron chi connectivity index (χ4n) is 9.57. The standard InChI is InChI=1S/C64H121NO5/c1-3-5-7-9-11-13-14-15-16-17-29-32-35-38-42-46-50-54-58-64(69)70-59-55-51-47-43-39-36-33-30-27-25-23-21-19-18-20-22-24-26-28-31-34-37-41-45-49-53-57-63(68)65-61(60-66)62(67)56-52-48-44-40-12-10-8-6-4-2/h16-18,20,52,56,61-62,66-67H,3-15,19,21-51,53-55,57-60H2,1-2H3,(H,65,68)/b17-16-,20-18-,56-52+. The Labute approximate surface area is 436 Å². The van der Waals surface area contributed by atoms with Gasteiger partial charge in [0.15, 0.2) is 0 Å². The molecule has 0 radical (unpaired) electrons. The van der Waals surface area contributed by atoms with Crippen LogP contribution < -0.4 is 5.32 Å². The summed E-state index contributed by atoms with van der Waals surface area (Å²) in [4.78, 5) is 24.5. The van der Waals surface area contributed by atoms with E-state index in [0.29, 0.717) is 19.4 Å². The van der Waals surface area contributed by atoms with Gasteiger partial charge in [-0.25, -0.2) is 0 Å². The number of amides is 1. The van der Waals surface area contributed by atoms with Gasteiger partial charge in [0.1, 0.15) is 0 Å². The third-order valence-corrected chi connectivity index (χ3v) is 14.4. The Morgan fingerprint density at radius 2 is 0.671 bits per heavy atom. The summed E-state index contributed by atoms with van der Waals surface area (Å²) in [6.45, 7) is 4.88. The lowest BCUT2D eigenvalue weighted by atomic mass is 10.0. The van der Waals surface area contributed by atoms with Crippen LogP contribution in [0, 0.1) is 0 Å². The van der Waals surface area contributed by atoms with Crippen LogP contribution in [0.1, 0.15) is 335 Å². The van der Waals surface area contributed by atoms with Crippen LogP contribution in [-0.2, 0) is 14.3 Å². The molecule has 0 saturated heterocycles. The Morgan fingerprint density at radius 1 is 0.386 bits per heavy atom. The summed E-state index contributed by atoms with van der Waals surface area (Å²) in [6.07, 6.45) is 74.9. The lowest BCUT2D eigenvalue weighted by Crippen LogP contribution is -2.45. The zero-order valence-corrected chi connectivity index (χ0v) is 47.0. The van der Waals surface area contributed by atoms with Gasteiger partial charge in [0.2, 0.25) is 5.91 Å². The number of aliphatic hydroxyl groups is 2. The van der Waals surface area contributed by atoms with Crippen molar-refractivity contribution in [2.24, 2.45) is 0 Å². The predicted octanol–water partition coefficient (Wildman–Crippen LogP) is 19.6. The first-order valence-electron chi connectivity index (χ1n) is 31.3. The number of hydrogen-bond acceptors (Lipinski definition) is 5. The Morgan fingerprint density at radius 3 is 1.01 bits per heavy atom. The largest absolute Gasteiger partial charge is 0.466 e. The first kappa shape index (κ1) is 68.1. The topological polar surface area (TPSA) is 95.9 Å². The van der Waals surface area contributed by atoms with E-state index in [-0.39, 0.29) is 18.5 Å². The molecule has 0 aromatic rings. The normalized spacial score (nSPS) is 12.8. The fraction of sp³-hybridized carbons (Fsp3) is 0.875. The SMILES string of the molecule is CCCCCCCCC/C=C\CCCCCCCCCC(=O)OCCCCCCCCCCCCCC/C=C\CCCCCCCCCCCCC(=O)NC(CO)C(O)/C=C/CCCCCCCCC. The molecule has 412 valence electrons. The number of esters is 1. The van der Waals surface area contributed by atoms with Crippen molar-refractivity contribution < 1.29 is 24.5 Å². The van der Waals surface area contributed by atoms with E-state index in [9.17, 15) is 19.8 Å². The molecule has 1 amide bonds. The predicted molar refractivity (Wildman–Crippen MR) is 306 cm³/mol. The van der Waals surface area contributed by atoms with E-state index in [0.717, 1.165) is 44.9 Å². The molecule has 0 spiro atoms. The molecule has 0 aliphatic rings. The molecule has 0 aliphatic heterocycles. The molecule has 2 atom stereocenters. The Bertz CT molecular complexity index is 1130. The van der Waals surface area contributed by atoms with E-state index in [1.54, 1.807) is 6.08 Å². The molecular formula is C64H121NO5. The molecule has 2 unspecified atom stereocenters. The van der Waals surface area contributed by atoms with Crippen LogP contribution in [0.25, 0.3) is 0 Å². The van der Waals surface area contributed by atoms with E-state index in [1.807, 2.05) is 6.08 Å². The molecule has 6 nitrogen and oxygen atoms in total. The first-order chi connectivity index (χ1) is 34.5. The molecule has 0 aromatic carbocycles. The summed E-state index contributed by atoms with van der Waals surface area (Å²) >= 11 is 0. The number of nitrogens with one attached hydrogen (secondary N) is 1. The van der Waals surface area contributed by atoms with Crippen LogP contribution in [-0.4, -0.2) is 47.4 Å². The van der Waals surface area contributed by atoms with E-state index in [4.69, 9.17) is 4.74 Å². The number of unbranched alkanes of at least 4 members (excludes halogenated alkanes) is 43. The van der Waals surface area contributed by atoms with Crippen molar-refractivity contribution in [3.8, 4) is 0 Å². The quantitative estimate of drug-likeness (QED) is 0.0321. The highest BCUT2D eigenvalue weighted by molar-refractivity contribution is 5.76. The van der Waals surface area contributed by atoms with Gasteiger partial charge >= 0.3 is 5.97 Å². The van der Waals surface area contributed by atoms with Gasteiger partial charge in [0.25, 0.3) is 0 Å². The van der Waals surface area contributed by atoms with E-state index in [2.05, 4.69) is 43.5 Å². The number of rotatable bonds is 58. The zero-order chi connectivity index (χ0) is 50.7. The lowest BCUT2D eigenvalue weighted by Gasteiger charge is -2.20. The highest BCUT2D eigenvalue weighted by Gasteiger charge is 2.18. The first-order valence-corrected chi connectivity index (χ1v) is 31.3. The van der Waals surface area contributed by atoms with Crippen molar-refractivity contribution in [2.45, 2.75) is 347 Å². The van der Waals surface area contributed by atoms with E-state index in [1.165, 1.54) is 263 Å². The maximum absolute atomic E-state index is 12.4. The van der Waals surface area contributed by atoms with Gasteiger partial charge in [0.05, 0.1) is 25.4 Å². The lowest BCUT2D eigenvalue weighted by molar-refractivity contribution is -0.143. The summed E-state index contributed by atoms with van der Waals surface area (Å²) in [5.74, 6) is -0.0614. The van der Waals surface area contributed by atoms with Crippen LogP contribution >= 0.6 is 0 Å². The molecule has 0 rings (SSSR count). The number of aliphatic hydroxyl groups excluding tert-OH is 2. The van der Waals surface area contributed by atoms with Crippen molar-refractivity contribution in [2.75, 3.05) is 13.2 Å². The summed E-state index contributed by atoms with van der Waals surface area (Å²) < 4.78 is 5.50. The van der Waals surface area contributed by atoms with Crippen molar-refractivity contribution in [1.29, 1.82) is 0 Å². The minimum absolute atomic E-state index is 0.0109. The number of carbonyl (C=O) groups excluding carboxylic acids is 2. The van der Waals surface area contributed by atoms with Crippen molar-refractivity contribution in [3.05, 3.63) is 36.5 Å². The molecular weight excluding hydrogens is 863 g/mol. The molecule has 0 aromatic heterocycles. The van der Waals surface area contributed by atoms with Crippen LogP contribution in [0.4, 0.5) is 0 Å². The fourth-order valence-corrected chi connectivity index (χ4v) is 9.57. The molecule has 0 saturated carbocycles. The van der Waals surface area contributed by atoms with E-state index >= 15 is 0 Å². The highest BCUT2D eigenvalue weighted by atomic mass is 16.5. The third-order valence-electron chi connectivity index (χ3n) is 14.4. The van der Waals surface area contributed by atoms with Crippen molar-refractivity contribution in [1.82, 2.24) is 5.32 Å². The smallest absolute Gasteiger partial charge is 0.305 e. The number of allylic oxidation sites excluding steroid dienone is 5. The van der Waals surface area contributed by atoms with Gasteiger partial charge in [-0.15, -0.1) is 0 Å². The van der Waals surface area contributed by atoms with Gasteiger partial charge in [-0.2, -0.15) is 0 Å². The summed E-state index contributed by atoms with van der Waals surface area (Å²) in [7, 11) is 0. The summed E-state index contributed by atoms with van der Waals surface area (Å²) in [5, 5.41) is 22.9. The van der Waals surface area contributed by atoms with Crippen LogP contribution in [0.15, 0.2) is 36.5 Å². The second kappa shape index (κ2) is 59.6. The minimum atomic E-state index is -0.843. The summed E-state index contributed by atoms with van der Waals surface area (Å²) in [6, 6.07) is -0.627. The Kier molecular flexibility index (Phi) is 58.0. The van der Waals surface area contributed by atoms with Gasteiger partial charge in [-0.3, -0.25) is 9.59 Å². The second-order valence-corrected chi connectivity index (χ2v) is 21.4. The molecule has 0 fully saturated rings. The average Bonchev–Trinajstić information content (AvgIpc) is 3.36. The van der Waals surface area contributed by atoms with Gasteiger partial charge in [0, 0.05) is 12.8 Å². The third kappa shape index (κ3) is 55.4. The summed E-state index contributed by atoms with van der Waals surface area (Å²) in [5.41, 5.74) is 0. The van der Waals surface area contributed by atoms with Crippen LogP contribution in [0.5, 0.6) is 0 Å². The van der Waals surface area contributed by atoms with Crippen molar-refractivity contribution >= 4 is 11.9 Å². The van der Waals surface area contributed by atoms with Gasteiger partial charge in [-0.1, -0.05) is 275 Å². The number of hydrogen-bond donors (Lipinski definition) is 3. The van der Waals surface area contributed by atoms with Gasteiger partial charge < -0.3 is 20.3 Å². The Hall–Kier alpha value is -1.92. The maximum Gasteiger partial charge on any atom is 0.305 e. The zero-order valence-electron chi connectivity index (χ0n) is 47.0. The maximum atomic E-state index is 12.4. The number of carbonyl (C=O) groups is 2. The minimum Gasteiger partial charge on any atom is -0.466 e. The average molecular weight is 985 g/mol. The second-order valence-electron chi connectivity index (χ2n) is 21.4. The Balaban J connectivity index is 3.36. The van der Waals surface area contributed by atoms with E-state index < -0.39 is 12.1 Å². The molecule has 3 N–H and O–H groups in total. The highest BCUT2D eigenvalue weighted by Crippen LogP contribution is 2.17. The van der Waals surface area contributed by atoms with Crippen molar-refractivity contribution in [3.63, 3.8) is 0 Å². The molecule has 0 bridgehead atoms. The monoisotopic (exact) mass is 984 g/mol. The number of ether oxygens (including phenoxy) is 1. The molecule has 0 aliphatic carbocycles. The van der Waals surface area contributed by atoms with Gasteiger partial charge in [-0.05, 0) is 83.5 Å².